The standard InChI is InChI=1S/C11H7BrFNO/c12-10-7(3-1-4-8(10)13)11(15)9-5-2-6-14-9/h1-6,14H. The molecule has 0 fully saturated rings. The first-order chi connectivity index (χ1) is 7.20. The molecular formula is C11H7BrFNO. The van der Waals surface area contributed by atoms with Gasteiger partial charge in [-0.25, -0.2) is 4.39 Å². The lowest BCUT2D eigenvalue weighted by Crippen LogP contribution is -2.03. The summed E-state index contributed by atoms with van der Waals surface area (Å²) in [5, 5.41) is 0. The van der Waals surface area contributed by atoms with Crippen LogP contribution in [0.15, 0.2) is 41.0 Å². The van der Waals surface area contributed by atoms with E-state index < -0.39 is 5.82 Å². The van der Waals surface area contributed by atoms with Crippen molar-refractivity contribution in [3.8, 4) is 0 Å². The number of halogens is 2. The summed E-state index contributed by atoms with van der Waals surface area (Å²) in [4.78, 5) is 14.6. The first-order valence-corrected chi connectivity index (χ1v) is 5.11. The van der Waals surface area contributed by atoms with Crippen molar-refractivity contribution in [3.05, 3.63) is 58.1 Å². The van der Waals surface area contributed by atoms with Crippen LogP contribution in [0.4, 0.5) is 4.39 Å². The number of hydrogen-bond donors (Lipinski definition) is 1. The molecule has 0 aliphatic carbocycles. The topological polar surface area (TPSA) is 32.9 Å². The van der Waals surface area contributed by atoms with E-state index in [1.165, 1.54) is 12.1 Å². The summed E-state index contributed by atoms with van der Waals surface area (Å²) in [5.74, 6) is -0.668. The first kappa shape index (κ1) is 10.1. The smallest absolute Gasteiger partial charge is 0.210 e. The Balaban J connectivity index is 2.47. The van der Waals surface area contributed by atoms with Gasteiger partial charge < -0.3 is 4.98 Å². The third-order valence-corrected chi connectivity index (χ3v) is 2.84. The Bertz CT molecular complexity index is 493. The minimum atomic E-state index is -0.438. The van der Waals surface area contributed by atoms with Gasteiger partial charge in [-0.2, -0.15) is 0 Å². The van der Waals surface area contributed by atoms with Crippen LogP contribution < -0.4 is 0 Å². The number of aromatic nitrogens is 1. The van der Waals surface area contributed by atoms with E-state index >= 15 is 0 Å². The average Bonchev–Trinajstić information content (AvgIpc) is 2.74. The van der Waals surface area contributed by atoms with Crippen molar-refractivity contribution >= 4 is 21.7 Å². The Hall–Kier alpha value is -1.42. The Labute approximate surface area is 94.3 Å². The van der Waals surface area contributed by atoms with E-state index in [1.54, 1.807) is 24.4 Å². The van der Waals surface area contributed by atoms with Crippen molar-refractivity contribution < 1.29 is 9.18 Å². The van der Waals surface area contributed by atoms with Crippen LogP contribution in [-0.2, 0) is 0 Å². The summed E-state index contributed by atoms with van der Waals surface area (Å²) in [6.07, 6.45) is 1.65. The molecule has 0 amide bonds. The van der Waals surface area contributed by atoms with Crippen LogP contribution in [0, 0.1) is 5.82 Å². The predicted molar refractivity (Wildman–Crippen MR) is 58.3 cm³/mol. The molecule has 15 heavy (non-hydrogen) atoms. The fourth-order valence-electron chi connectivity index (χ4n) is 1.30. The number of carbonyl (C=O) groups excluding carboxylic acids is 1. The Morgan fingerprint density at radius 3 is 2.73 bits per heavy atom. The van der Waals surface area contributed by atoms with Crippen molar-refractivity contribution in [2.24, 2.45) is 0 Å². The van der Waals surface area contributed by atoms with Gasteiger partial charge in [-0.1, -0.05) is 6.07 Å². The van der Waals surface area contributed by atoms with Gasteiger partial charge in [-0.05, 0) is 40.2 Å². The van der Waals surface area contributed by atoms with Crippen molar-refractivity contribution in [1.82, 2.24) is 4.98 Å². The molecule has 0 saturated carbocycles. The van der Waals surface area contributed by atoms with Crippen LogP contribution in [-0.4, -0.2) is 10.8 Å². The normalized spacial score (nSPS) is 10.3. The van der Waals surface area contributed by atoms with Gasteiger partial charge in [0.05, 0.1) is 10.2 Å². The summed E-state index contributed by atoms with van der Waals surface area (Å²) in [5.41, 5.74) is 0.763. The van der Waals surface area contributed by atoms with Crippen LogP contribution in [0.1, 0.15) is 16.1 Å². The van der Waals surface area contributed by atoms with Crippen LogP contribution >= 0.6 is 15.9 Å². The number of benzene rings is 1. The molecule has 0 unspecified atom stereocenters. The van der Waals surface area contributed by atoms with Crippen molar-refractivity contribution in [2.45, 2.75) is 0 Å². The molecule has 4 heteroatoms. The maximum atomic E-state index is 13.2. The molecule has 2 aromatic rings. The number of ketones is 1. The van der Waals surface area contributed by atoms with Gasteiger partial charge in [0.25, 0.3) is 0 Å². The van der Waals surface area contributed by atoms with Crippen LogP contribution in [0.5, 0.6) is 0 Å². The fraction of sp³-hybridized carbons (Fsp3) is 0. The average molecular weight is 268 g/mol. The lowest BCUT2D eigenvalue weighted by atomic mass is 10.1. The number of carbonyl (C=O) groups is 1. The summed E-state index contributed by atoms with van der Waals surface area (Å²) in [6.45, 7) is 0. The quantitative estimate of drug-likeness (QED) is 0.834. The summed E-state index contributed by atoms with van der Waals surface area (Å²) < 4.78 is 13.4. The Morgan fingerprint density at radius 1 is 1.27 bits per heavy atom. The maximum Gasteiger partial charge on any atom is 0.210 e. The molecule has 0 aliphatic heterocycles. The minimum Gasteiger partial charge on any atom is -0.359 e. The van der Waals surface area contributed by atoms with Gasteiger partial charge in [0.15, 0.2) is 0 Å². The van der Waals surface area contributed by atoms with Gasteiger partial charge in [0, 0.05) is 11.8 Å². The molecule has 1 aromatic carbocycles. The first-order valence-electron chi connectivity index (χ1n) is 4.32. The lowest BCUT2D eigenvalue weighted by molar-refractivity contribution is 0.103. The number of hydrogen-bond acceptors (Lipinski definition) is 1. The van der Waals surface area contributed by atoms with E-state index in [0.717, 1.165) is 0 Å². The zero-order valence-corrected chi connectivity index (χ0v) is 9.21. The third kappa shape index (κ3) is 1.85. The highest BCUT2D eigenvalue weighted by molar-refractivity contribution is 9.10. The molecular weight excluding hydrogens is 261 g/mol. The molecule has 0 atom stereocenters. The van der Waals surface area contributed by atoms with E-state index in [2.05, 4.69) is 20.9 Å². The van der Waals surface area contributed by atoms with Gasteiger partial charge in [0.2, 0.25) is 5.78 Å². The Kier molecular flexibility index (Phi) is 2.68. The molecule has 2 rings (SSSR count). The number of nitrogens with one attached hydrogen (secondary N) is 1. The van der Waals surface area contributed by atoms with Crippen molar-refractivity contribution in [2.75, 3.05) is 0 Å². The van der Waals surface area contributed by atoms with E-state index in [4.69, 9.17) is 0 Å². The molecule has 76 valence electrons. The number of aromatic amines is 1. The highest BCUT2D eigenvalue weighted by Crippen LogP contribution is 2.22. The highest BCUT2D eigenvalue weighted by Gasteiger charge is 2.15. The summed E-state index contributed by atoms with van der Waals surface area (Å²) >= 11 is 3.06. The van der Waals surface area contributed by atoms with Crippen LogP contribution in [0.2, 0.25) is 0 Å². The second-order valence-electron chi connectivity index (χ2n) is 3.01. The van der Waals surface area contributed by atoms with Gasteiger partial charge in [0.1, 0.15) is 5.82 Å². The van der Waals surface area contributed by atoms with Gasteiger partial charge >= 0.3 is 0 Å². The molecule has 0 aliphatic rings. The molecule has 0 saturated heterocycles. The zero-order valence-electron chi connectivity index (χ0n) is 7.63. The second-order valence-corrected chi connectivity index (χ2v) is 3.81. The van der Waals surface area contributed by atoms with E-state index in [0.29, 0.717) is 11.3 Å². The van der Waals surface area contributed by atoms with Gasteiger partial charge in [-0.15, -0.1) is 0 Å². The fourth-order valence-corrected chi connectivity index (χ4v) is 1.74. The molecule has 1 N–H and O–H groups in total. The third-order valence-electron chi connectivity index (χ3n) is 2.04. The molecule has 2 nitrogen and oxygen atoms in total. The monoisotopic (exact) mass is 267 g/mol. The predicted octanol–water partition coefficient (Wildman–Crippen LogP) is 3.15. The van der Waals surface area contributed by atoms with Crippen LogP contribution in [0.25, 0.3) is 0 Å². The molecule has 0 bridgehead atoms. The molecule has 0 radical (unpaired) electrons. The number of H-pyrrole nitrogens is 1. The lowest BCUT2D eigenvalue weighted by Gasteiger charge is -2.02. The van der Waals surface area contributed by atoms with Crippen molar-refractivity contribution in [3.63, 3.8) is 0 Å². The van der Waals surface area contributed by atoms with Gasteiger partial charge in [-0.3, -0.25) is 4.79 Å². The second kappa shape index (κ2) is 3.98. The Morgan fingerprint density at radius 2 is 2.07 bits per heavy atom. The number of rotatable bonds is 2. The minimum absolute atomic E-state index is 0.199. The van der Waals surface area contributed by atoms with E-state index in [-0.39, 0.29) is 10.3 Å². The largest absolute Gasteiger partial charge is 0.359 e. The molecule has 0 spiro atoms. The highest BCUT2D eigenvalue weighted by atomic mass is 79.9. The SMILES string of the molecule is O=C(c1ccc[nH]1)c1cccc(F)c1Br. The molecule has 1 heterocycles. The van der Waals surface area contributed by atoms with Crippen LogP contribution in [0.3, 0.4) is 0 Å². The maximum absolute atomic E-state index is 13.2. The summed E-state index contributed by atoms with van der Waals surface area (Å²) in [7, 11) is 0. The molecule has 1 aromatic heterocycles. The zero-order chi connectivity index (χ0) is 10.8. The van der Waals surface area contributed by atoms with Crippen molar-refractivity contribution in [1.29, 1.82) is 0 Å². The summed E-state index contributed by atoms with van der Waals surface area (Å²) in [6, 6.07) is 7.77. The van der Waals surface area contributed by atoms with E-state index in [9.17, 15) is 9.18 Å². The van der Waals surface area contributed by atoms with E-state index in [1.807, 2.05) is 0 Å².